The van der Waals surface area contributed by atoms with Crippen LogP contribution in [0.5, 0.6) is 0 Å². The Balaban J connectivity index is 1.95. The number of nitrogens with zero attached hydrogens (tertiary/aromatic N) is 1. The van der Waals surface area contributed by atoms with Crippen LogP contribution >= 0.6 is 0 Å². The zero-order valence-corrected chi connectivity index (χ0v) is 5.40. The number of piperidine rings is 1. The van der Waals surface area contributed by atoms with Crippen molar-refractivity contribution in [2.45, 2.75) is 6.10 Å². The Morgan fingerprint density at radius 1 is 1.40 bits per heavy atom. The van der Waals surface area contributed by atoms with Crippen LogP contribution in [0.4, 0.5) is 4.79 Å². The summed E-state index contributed by atoms with van der Waals surface area (Å²) in [5.41, 5.74) is 0. The van der Waals surface area contributed by atoms with Gasteiger partial charge >= 0.3 is 6.09 Å². The van der Waals surface area contributed by atoms with E-state index >= 15 is 0 Å². The molecule has 4 nitrogen and oxygen atoms in total. The fraction of sp³-hybridized carbons (Fsp3) is 0.833. The number of amides is 1. The quantitative estimate of drug-likeness (QED) is 0.484. The molecule has 1 saturated heterocycles. The first kappa shape index (κ1) is 5.97. The summed E-state index contributed by atoms with van der Waals surface area (Å²) >= 11 is 0. The summed E-state index contributed by atoms with van der Waals surface area (Å²) in [6.07, 6.45) is -1.07. The second-order valence-corrected chi connectivity index (χ2v) is 3.01. The summed E-state index contributed by atoms with van der Waals surface area (Å²) in [5.74, 6) is 0.493. The summed E-state index contributed by atoms with van der Waals surface area (Å²) < 4.78 is 0. The SMILES string of the molecule is O=C(O)N1C[C@@H]2[C@@H](O)[C@@H]2C1. The number of hydrogen-bond acceptors (Lipinski definition) is 2. The van der Waals surface area contributed by atoms with Crippen molar-refractivity contribution in [3.05, 3.63) is 0 Å². The Bertz CT molecular complexity index is 170. The Labute approximate surface area is 58.1 Å². The maximum atomic E-state index is 10.3. The number of hydrogen-bond donors (Lipinski definition) is 2. The summed E-state index contributed by atoms with van der Waals surface area (Å²) in [6, 6.07) is 0. The minimum atomic E-state index is -0.862. The molecule has 2 rings (SSSR count). The minimum Gasteiger partial charge on any atom is -0.465 e. The standard InChI is InChI=1S/C6H9NO3/c8-5-3-1-7(6(9)10)2-4(3)5/h3-5,8H,1-2H2,(H,9,10)/t3-,4+,5+. The molecule has 2 fully saturated rings. The van der Waals surface area contributed by atoms with Gasteiger partial charge in [0.2, 0.25) is 0 Å². The molecule has 0 spiro atoms. The highest BCUT2D eigenvalue weighted by Gasteiger charge is 2.56. The molecular weight excluding hydrogens is 134 g/mol. The second kappa shape index (κ2) is 1.63. The normalized spacial score (nSPS) is 43.3. The van der Waals surface area contributed by atoms with Crippen LogP contribution in [0.15, 0.2) is 0 Å². The van der Waals surface area contributed by atoms with Gasteiger partial charge in [0, 0.05) is 24.9 Å². The molecule has 1 aliphatic carbocycles. The van der Waals surface area contributed by atoms with Crippen LogP contribution < -0.4 is 0 Å². The van der Waals surface area contributed by atoms with Gasteiger partial charge in [0.1, 0.15) is 0 Å². The molecule has 3 atom stereocenters. The van der Waals surface area contributed by atoms with Crippen LogP contribution in [0.2, 0.25) is 0 Å². The van der Waals surface area contributed by atoms with Gasteiger partial charge in [-0.1, -0.05) is 0 Å². The first-order valence-electron chi connectivity index (χ1n) is 3.36. The molecule has 2 N–H and O–H groups in total. The van der Waals surface area contributed by atoms with Crippen LogP contribution in [0.3, 0.4) is 0 Å². The molecule has 0 bridgehead atoms. The Hall–Kier alpha value is -0.770. The largest absolute Gasteiger partial charge is 0.465 e. The van der Waals surface area contributed by atoms with Gasteiger partial charge in [-0.05, 0) is 0 Å². The van der Waals surface area contributed by atoms with Crippen LogP contribution in [0.25, 0.3) is 0 Å². The fourth-order valence-corrected chi connectivity index (χ4v) is 1.65. The topological polar surface area (TPSA) is 60.8 Å². The van der Waals surface area contributed by atoms with E-state index in [-0.39, 0.29) is 17.9 Å². The van der Waals surface area contributed by atoms with Crippen molar-refractivity contribution in [1.29, 1.82) is 0 Å². The van der Waals surface area contributed by atoms with Gasteiger partial charge < -0.3 is 15.1 Å². The third kappa shape index (κ3) is 0.623. The van der Waals surface area contributed by atoms with E-state index in [1.165, 1.54) is 4.90 Å². The Morgan fingerprint density at radius 3 is 2.30 bits per heavy atom. The van der Waals surface area contributed by atoms with E-state index in [2.05, 4.69) is 0 Å². The molecule has 1 heterocycles. The third-order valence-corrected chi connectivity index (χ3v) is 2.42. The van der Waals surface area contributed by atoms with Gasteiger partial charge in [-0.25, -0.2) is 4.79 Å². The van der Waals surface area contributed by atoms with Crippen molar-refractivity contribution in [3.63, 3.8) is 0 Å². The van der Waals surface area contributed by atoms with Crippen molar-refractivity contribution in [1.82, 2.24) is 4.90 Å². The molecule has 0 radical (unpaired) electrons. The monoisotopic (exact) mass is 143 g/mol. The van der Waals surface area contributed by atoms with E-state index in [4.69, 9.17) is 10.2 Å². The molecule has 0 unspecified atom stereocenters. The van der Waals surface area contributed by atoms with Crippen molar-refractivity contribution < 1.29 is 15.0 Å². The van der Waals surface area contributed by atoms with E-state index in [0.717, 1.165) is 0 Å². The second-order valence-electron chi connectivity index (χ2n) is 3.01. The average molecular weight is 143 g/mol. The third-order valence-electron chi connectivity index (χ3n) is 2.42. The van der Waals surface area contributed by atoms with E-state index in [9.17, 15) is 4.79 Å². The predicted octanol–water partition coefficient (Wildman–Crippen LogP) is -0.413. The number of carboxylic acid groups (broad SMARTS) is 1. The fourth-order valence-electron chi connectivity index (χ4n) is 1.65. The van der Waals surface area contributed by atoms with Crippen LogP contribution in [-0.4, -0.2) is 40.4 Å². The van der Waals surface area contributed by atoms with E-state index in [1.54, 1.807) is 0 Å². The smallest absolute Gasteiger partial charge is 0.407 e. The van der Waals surface area contributed by atoms with Crippen LogP contribution in [-0.2, 0) is 0 Å². The molecule has 4 heteroatoms. The molecule has 1 amide bonds. The number of fused-ring (bicyclic) bond motifs is 1. The number of aliphatic hydroxyl groups is 1. The summed E-state index contributed by atoms with van der Waals surface area (Å²) in [6.45, 7) is 1.06. The highest BCUT2D eigenvalue weighted by Crippen LogP contribution is 2.45. The Morgan fingerprint density at radius 2 is 1.90 bits per heavy atom. The summed E-state index contributed by atoms with van der Waals surface area (Å²) in [4.78, 5) is 11.7. The zero-order chi connectivity index (χ0) is 7.30. The summed E-state index contributed by atoms with van der Waals surface area (Å²) in [5, 5.41) is 17.5. The molecule has 0 aromatic heterocycles. The number of carbonyl (C=O) groups is 1. The van der Waals surface area contributed by atoms with Crippen LogP contribution in [0, 0.1) is 11.8 Å². The average Bonchev–Trinajstić information content (AvgIpc) is 2.38. The highest BCUT2D eigenvalue weighted by molar-refractivity contribution is 5.65. The van der Waals surface area contributed by atoms with Crippen molar-refractivity contribution >= 4 is 6.09 Å². The van der Waals surface area contributed by atoms with Gasteiger partial charge in [-0.3, -0.25) is 0 Å². The lowest BCUT2D eigenvalue weighted by atomic mass is 10.4. The van der Waals surface area contributed by atoms with E-state index < -0.39 is 6.09 Å². The lowest BCUT2D eigenvalue weighted by Crippen LogP contribution is -2.30. The van der Waals surface area contributed by atoms with Gasteiger partial charge in [0.25, 0.3) is 0 Å². The van der Waals surface area contributed by atoms with Gasteiger partial charge in [0.05, 0.1) is 6.10 Å². The molecule has 0 aromatic rings. The molecule has 10 heavy (non-hydrogen) atoms. The van der Waals surface area contributed by atoms with Crippen LogP contribution in [0.1, 0.15) is 0 Å². The Kier molecular flexibility index (Phi) is 0.976. The maximum absolute atomic E-state index is 10.3. The number of likely N-dealkylation sites (tertiary alicyclic amines) is 1. The van der Waals surface area contributed by atoms with E-state index in [1.807, 2.05) is 0 Å². The van der Waals surface area contributed by atoms with Crippen molar-refractivity contribution in [3.8, 4) is 0 Å². The van der Waals surface area contributed by atoms with Gasteiger partial charge in [-0.15, -0.1) is 0 Å². The lowest BCUT2D eigenvalue weighted by Gasteiger charge is -2.13. The highest BCUT2D eigenvalue weighted by atomic mass is 16.4. The number of rotatable bonds is 0. The summed E-state index contributed by atoms with van der Waals surface area (Å²) in [7, 11) is 0. The van der Waals surface area contributed by atoms with Gasteiger partial charge in [0.15, 0.2) is 0 Å². The molecule has 56 valence electrons. The van der Waals surface area contributed by atoms with Crippen molar-refractivity contribution in [2.24, 2.45) is 11.8 Å². The minimum absolute atomic E-state index is 0.212. The maximum Gasteiger partial charge on any atom is 0.407 e. The molecule has 2 aliphatic rings. The lowest BCUT2D eigenvalue weighted by molar-refractivity contribution is 0.137. The molecule has 1 aliphatic heterocycles. The van der Waals surface area contributed by atoms with Crippen molar-refractivity contribution in [2.75, 3.05) is 13.1 Å². The zero-order valence-electron chi connectivity index (χ0n) is 5.40. The molecule has 0 aromatic carbocycles. The molecule has 1 saturated carbocycles. The van der Waals surface area contributed by atoms with Gasteiger partial charge in [-0.2, -0.15) is 0 Å². The van der Waals surface area contributed by atoms with E-state index in [0.29, 0.717) is 13.1 Å². The number of aliphatic hydroxyl groups excluding tert-OH is 1. The molecular formula is C6H9NO3. The first-order valence-corrected chi connectivity index (χ1v) is 3.36. The predicted molar refractivity (Wildman–Crippen MR) is 32.6 cm³/mol. The first-order chi connectivity index (χ1) is 4.70.